The van der Waals surface area contributed by atoms with E-state index in [0.29, 0.717) is 0 Å². The highest BCUT2D eigenvalue weighted by atomic mass is 79.9. The molecule has 2 nitrogen and oxygen atoms in total. The van der Waals surface area contributed by atoms with Crippen molar-refractivity contribution in [3.8, 4) is 11.8 Å². The van der Waals surface area contributed by atoms with E-state index in [4.69, 9.17) is 0 Å². The third kappa shape index (κ3) is 3.77. The van der Waals surface area contributed by atoms with Crippen LogP contribution in [0, 0.1) is 11.8 Å². The molecule has 1 rings (SSSR count). The summed E-state index contributed by atoms with van der Waals surface area (Å²) in [5.74, 6) is 4.77. The molecule has 0 spiro atoms. The van der Waals surface area contributed by atoms with Crippen LogP contribution in [0.4, 0.5) is 0 Å². The third-order valence-electron chi connectivity index (χ3n) is 1.96. The molecular weight excluding hydrogens is 254 g/mol. The molecule has 0 aliphatic carbocycles. The second-order valence-corrected chi connectivity index (χ2v) is 4.04. The van der Waals surface area contributed by atoms with Crippen molar-refractivity contribution in [2.45, 2.75) is 19.9 Å². The molecule has 1 unspecified atom stereocenters. The van der Waals surface area contributed by atoms with E-state index in [1.165, 1.54) is 0 Å². The number of halogens is 1. The van der Waals surface area contributed by atoms with Crippen LogP contribution in [-0.4, -0.2) is 5.91 Å². The molecule has 0 aliphatic rings. The van der Waals surface area contributed by atoms with Crippen molar-refractivity contribution in [1.29, 1.82) is 0 Å². The van der Waals surface area contributed by atoms with Crippen LogP contribution in [0.25, 0.3) is 0 Å². The number of hydrogen-bond acceptors (Lipinski definition) is 1. The van der Waals surface area contributed by atoms with E-state index < -0.39 is 0 Å². The summed E-state index contributed by atoms with van der Waals surface area (Å²) in [4.78, 5) is 11.2. The molecule has 0 aliphatic heterocycles. The van der Waals surface area contributed by atoms with Gasteiger partial charge < -0.3 is 5.32 Å². The molecular formula is C12H12BrNO. The number of carbonyl (C=O) groups excluding carboxylic acids is 1. The summed E-state index contributed by atoms with van der Waals surface area (Å²) in [6, 6.07) is 7.81. The molecule has 0 bridgehead atoms. The van der Waals surface area contributed by atoms with Gasteiger partial charge in [-0.25, -0.2) is 0 Å². The highest BCUT2D eigenvalue weighted by Gasteiger charge is 2.06. The van der Waals surface area contributed by atoms with Crippen LogP contribution in [0.15, 0.2) is 28.7 Å². The maximum atomic E-state index is 11.2. The van der Waals surface area contributed by atoms with Crippen molar-refractivity contribution < 1.29 is 4.79 Å². The first-order valence-electron chi connectivity index (χ1n) is 4.62. The van der Waals surface area contributed by atoms with Crippen LogP contribution in [-0.2, 0) is 4.79 Å². The molecule has 1 amide bonds. The Kier molecular flexibility index (Phi) is 4.38. The van der Waals surface area contributed by atoms with Gasteiger partial charge in [-0.2, -0.15) is 0 Å². The maximum Gasteiger partial charge on any atom is 0.296 e. The SMILES string of the molecule is CC#CC(=O)NC(C)c1ccc(Br)cc1. The normalized spacial score (nSPS) is 11.1. The molecule has 0 saturated heterocycles. The fraction of sp³-hybridized carbons (Fsp3) is 0.250. The van der Waals surface area contributed by atoms with E-state index in [-0.39, 0.29) is 11.9 Å². The van der Waals surface area contributed by atoms with Gasteiger partial charge in [0.2, 0.25) is 0 Å². The molecule has 0 aromatic heterocycles. The molecule has 0 saturated carbocycles. The Labute approximate surface area is 98.2 Å². The van der Waals surface area contributed by atoms with E-state index in [1.807, 2.05) is 31.2 Å². The molecule has 0 fully saturated rings. The Bertz CT molecular complexity index is 400. The lowest BCUT2D eigenvalue weighted by Crippen LogP contribution is -2.24. The fourth-order valence-corrected chi connectivity index (χ4v) is 1.45. The highest BCUT2D eigenvalue weighted by Crippen LogP contribution is 2.16. The summed E-state index contributed by atoms with van der Waals surface area (Å²) in [6.07, 6.45) is 0. The first kappa shape index (κ1) is 11.8. The van der Waals surface area contributed by atoms with Crippen LogP contribution in [0.3, 0.4) is 0 Å². The molecule has 78 valence electrons. The predicted octanol–water partition coefficient (Wildman–Crippen LogP) is 2.65. The standard InChI is InChI=1S/C12H12BrNO/c1-3-4-12(15)14-9(2)10-5-7-11(13)8-6-10/h5-9H,1-2H3,(H,14,15). The Balaban J connectivity index is 2.67. The third-order valence-corrected chi connectivity index (χ3v) is 2.48. The largest absolute Gasteiger partial charge is 0.339 e. The van der Waals surface area contributed by atoms with E-state index in [9.17, 15) is 4.79 Å². The second-order valence-electron chi connectivity index (χ2n) is 3.12. The minimum absolute atomic E-state index is 0.0218. The van der Waals surface area contributed by atoms with Gasteiger partial charge in [-0.15, -0.1) is 0 Å². The van der Waals surface area contributed by atoms with Crippen LogP contribution >= 0.6 is 15.9 Å². The second kappa shape index (κ2) is 5.57. The minimum atomic E-state index is -0.243. The summed E-state index contributed by atoms with van der Waals surface area (Å²) < 4.78 is 1.03. The molecule has 15 heavy (non-hydrogen) atoms. The zero-order chi connectivity index (χ0) is 11.3. The summed E-state index contributed by atoms with van der Waals surface area (Å²) in [5, 5.41) is 2.79. The summed E-state index contributed by atoms with van der Waals surface area (Å²) in [5.41, 5.74) is 1.06. The van der Waals surface area contributed by atoms with Crippen molar-refractivity contribution in [3.63, 3.8) is 0 Å². The summed E-state index contributed by atoms with van der Waals surface area (Å²) in [6.45, 7) is 3.57. The molecule has 1 aromatic carbocycles. The molecule has 1 atom stereocenters. The van der Waals surface area contributed by atoms with Gasteiger partial charge in [-0.05, 0) is 37.5 Å². The Morgan fingerprint density at radius 2 is 2.00 bits per heavy atom. The van der Waals surface area contributed by atoms with Gasteiger partial charge in [0, 0.05) is 4.47 Å². The molecule has 0 heterocycles. The van der Waals surface area contributed by atoms with Crippen LogP contribution in [0.5, 0.6) is 0 Å². The average Bonchev–Trinajstić information content (AvgIpc) is 2.18. The zero-order valence-corrected chi connectivity index (χ0v) is 10.3. The number of carbonyl (C=O) groups is 1. The molecule has 0 radical (unpaired) electrons. The summed E-state index contributed by atoms with van der Waals surface area (Å²) >= 11 is 3.36. The highest BCUT2D eigenvalue weighted by molar-refractivity contribution is 9.10. The van der Waals surface area contributed by atoms with Gasteiger partial charge in [0.05, 0.1) is 6.04 Å². The molecule has 1 aromatic rings. The van der Waals surface area contributed by atoms with E-state index in [0.717, 1.165) is 10.0 Å². The number of nitrogens with one attached hydrogen (secondary N) is 1. The maximum absolute atomic E-state index is 11.2. The zero-order valence-electron chi connectivity index (χ0n) is 8.67. The molecule has 1 N–H and O–H groups in total. The average molecular weight is 266 g/mol. The lowest BCUT2D eigenvalue weighted by molar-refractivity contribution is -0.116. The van der Waals surface area contributed by atoms with Crippen molar-refractivity contribution >= 4 is 21.8 Å². The van der Waals surface area contributed by atoms with Crippen molar-refractivity contribution in [3.05, 3.63) is 34.3 Å². The van der Waals surface area contributed by atoms with Gasteiger partial charge in [0.25, 0.3) is 5.91 Å². The minimum Gasteiger partial charge on any atom is -0.339 e. The van der Waals surface area contributed by atoms with E-state index in [2.05, 4.69) is 33.1 Å². The van der Waals surface area contributed by atoms with Crippen molar-refractivity contribution in [1.82, 2.24) is 5.32 Å². The van der Waals surface area contributed by atoms with Crippen LogP contribution in [0.2, 0.25) is 0 Å². The Hall–Kier alpha value is -1.27. The van der Waals surface area contributed by atoms with E-state index >= 15 is 0 Å². The summed E-state index contributed by atoms with van der Waals surface area (Å²) in [7, 11) is 0. The van der Waals surface area contributed by atoms with Crippen molar-refractivity contribution in [2.24, 2.45) is 0 Å². The first-order chi connectivity index (χ1) is 7.13. The lowest BCUT2D eigenvalue weighted by atomic mass is 10.1. The predicted molar refractivity (Wildman–Crippen MR) is 64.1 cm³/mol. The monoisotopic (exact) mass is 265 g/mol. The fourth-order valence-electron chi connectivity index (χ4n) is 1.18. The quantitative estimate of drug-likeness (QED) is 0.819. The van der Waals surface area contributed by atoms with Gasteiger partial charge >= 0.3 is 0 Å². The van der Waals surface area contributed by atoms with Crippen LogP contribution in [0.1, 0.15) is 25.5 Å². The van der Waals surface area contributed by atoms with E-state index in [1.54, 1.807) is 6.92 Å². The number of benzene rings is 1. The van der Waals surface area contributed by atoms with Crippen LogP contribution < -0.4 is 5.32 Å². The first-order valence-corrected chi connectivity index (χ1v) is 5.41. The van der Waals surface area contributed by atoms with Gasteiger partial charge in [-0.1, -0.05) is 34.0 Å². The van der Waals surface area contributed by atoms with Gasteiger partial charge in [0.15, 0.2) is 0 Å². The smallest absolute Gasteiger partial charge is 0.296 e. The topological polar surface area (TPSA) is 29.1 Å². The number of amides is 1. The number of rotatable bonds is 2. The van der Waals surface area contributed by atoms with Gasteiger partial charge in [0.1, 0.15) is 0 Å². The Morgan fingerprint density at radius 3 is 2.53 bits per heavy atom. The Morgan fingerprint density at radius 1 is 1.40 bits per heavy atom. The molecule has 3 heteroatoms. The van der Waals surface area contributed by atoms with Gasteiger partial charge in [-0.3, -0.25) is 4.79 Å². The lowest BCUT2D eigenvalue weighted by Gasteiger charge is -2.11. The van der Waals surface area contributed by atoms with Crippen molar-refractivity contribution in [2.75, 3.05) is 0 Å². The number of hydrogen-bond donors (Lipinski definition) is 1.